The molecule has 2 aromatic rings. The van der Waals surface area contributed by atoms with Gasteiger partial charge in [-0.3, -0.25) is 15.2 Å². The van der Waals surface area contributed by atoms with Crippen LogP contribution in [0.1, 0.15) is 36.3 Å². The average Bonchev–Trinajstić information content (AvgIpc) is 3.01. The van der Waals surface area contributed by atoms with Gasteiger partial charge in [-0.2, -0.15) is 5.10 Å². The van der Waals surface area contributed by atoms with Crippen LogP contribution in [-0.2, 0) is 4.74 Å². The van der Waals surface area contributed by atoms with Crippen molar-refractivity contribution in [1.82, 2.24) is 15.2 Å². The number of benzene rings is 1. The van der Waals surface area contributed by atoms with Crippen LogP contribution in [0.5, 0.6) is 0 Å². The second-order valence-corrected chi connectivity index (χ2v) is 4.76. The van der Waals surface area contributed by atoms with E-state index in [1.165, 1.54) is 18.5 Å². The molecule has 0 bridgehead atoms. The molecule has 1 saturated heterocycles. The summed E-state index contributed by atoms with van der Waals surface area (Å²) in [4.78, 5) is 14.5. The Labute approximate surface area is 115 Å². The van der Waals surface area contributed by atoms with Crippen LogP contribution in [0.3, 0.4) is 0 Å². The minimum Gasteiger partial charge on any atom is -0.370 e. The van der Waals surface area contributed by atoms with Crippen molar-refractivity contribution in [2.45, 2.75) is 24.9 Å². The van der Waals surface area contributed by atoms with Crippen LogP contribution in [0, 0.1) is 10.1 Å². The van der Waals surface area contributed by atoms with Crippen LogP contribution in [0.15, 0.2) is 30.6 Å². The summed E-state index contributed by atoms with van der Waals surface area (Å²) in [5.74, 6) is 0.838. The maximum absolute atomic E-state index is 10.7. The number of aromatic amines is 1. The highest BCUT2D eigenvalue weighted by atomic mass is 16.6. The third-order valence-corrected chi connectivity index (χ3v) is 3.56. The molecular weight excluding hydrogens is 260 g/mol. The fraction of sp³-hybridized carbons (Fsp3) is 0.385. The van der Waals surface area contributed by atoms with Crippen molar-refractivity contribution < 1.29 is 9.66 Å². The van der Waals surface area contributed by atoms with E-state index in [0.717, 1.165) is 18.4 Å². The minimum atomic E-state index is -0.394. The number of nitrogens with zero attached hydrogens (tertiary/aromatic N) is 3. The molecule has 1 aliphatic rings. The lowest BCUT2D eigenvalue weighted by molar-refractivity contribution is -0.384. The van der Waals surface area contributed by atoms with Crippen LogP contribution in [0.2, 0.25) is 0 Å². The zero-order valence-corrected chi connectivity index (χ0v) is 10.7. The topological polar surface area (TPSA) is 93.9 Å². The second kappa shape index (κ2) is 5.38. The van der Waals surface area contributed by atoms with Gasteiger partial charge < -0.3 is 4.74 Å². The van der Waals surface area contributed by atoms with Gasteiger partial charge in [-0.1, -0.05) is 12.1 Å². The first kappa shape index (κ1) is 12.7. The standard InChI is InChI=1S/C13H14N4O3/c18-17(19)10-5-3-9(4-6-10)11-2-1-7-20-12(11)13-14-8-15-16-13/h3-6,8,11-12H,1-2,7H2,(H,14,15,16). The SMILES string of the molecule is O=[N+]([O-])c1ccc(C2CCCOC2c2ncn[nH]2)cc1. The molecule has 20 heavy (non-hydrogen) atoms. The fourth-order valence-corrected chi connectivity index (χ4v) is 2.59. The van der Waals surface area contributed by atoms with Crippen LogP contribution >= 0.6 is 0 Å². The molecule has 1 aromatic heterocycles. The molecule has 1 aliphatic heterocycles. The molecule has 7 nitrogen and oxygen atoms in total. The van der Waals surface area contributed by atoms with E-state index in [4.69, 9.17) is 4.74 Å². The number of ether oxygens (including phenoxy) is 1. The van der Waals surface area contributed by atoms with Crippen molar-refractivity contribution in [2.75, 3.05) is 6.61 Å². The van der Waals surface area contributed by atoms with Gasteiger partial charge in [-0.25, -0.2) is 4.98 Å². The molecule has 7 heteroatoms. The summed E-state index contributed by atoms with van der Waals surface area (Å²) in [5.41, 5.74) is 1.12. The lowest BCUT2D eigenvalue weighted by Crippen LogP contribution is -2.22. The number of rotatable bonds is 3. The summed E-state index contributed by atoms with van der Waals surface area (Å²) in [6.45, 7) is 0.689. The van der Waals surface area contributed by atoms with Gasteiger partial charge in [-0.05, 0) is 18.4 Å². The van der Waals surface area contributed by atoms with Crippen molar-refractivity contribution >= 4 is 5.69 Å². The van der Waals surface area contributed by atoms with Gasteiger partial charge in [0.05, 0.1) is 4.92 Å². The summed E-state index contributed by atoms with van der Waals surface area (Å²) < 4.78 is 5.80. The first-order chi connectivity index (χ1) is 9.75. The quantitative estimate of drug-likeness (QED) is 0.684. The Morgan fingerprint density at radius 1 is 1.35 bits per heavy atom. The maximum Gasteiger partial charge on any atom is 0.269 e. The molecule has 0 saturated carbocycles. The summed E-state index contributed by atoms with van der Waals surface area (Å²) >= 11 is 0. The van der Waals surface area contributed by atoms with Gasteiger partial charge in [0.15, 0.2) is 5.82 Å². The van der Waals surface area contributed by atoms with E-state index < -0.39 is 4.92 Å². The lowest BCUT2D eigenvalue weighted by Gasteiger charge is -2.30. The Morgan fingerprint density at radius 3 is 2.80 bits per heavy atom. The minimum absolute atomic E-state index is 0.0988. The van der Waals surface area contributed by atoms with Crippen LogP contribution in [0.4, 0.5) is 5.69 Å². The normalized spacial score (nSPS) is 22.6. The molecule has 0 spiro atoms. The summed E-state index contributed by atoms with van der Waals surface area (Å²) in [6.07, 6.45) is 3.21. The number of nitrogens with one attached hydrogen (secondary N) is 1. The largest absolute Gasteiger partial charge is 0.370 e. The molecule has 104 valence electrons. The molecule has 0 aliphatic carbocycles. The molecule has 0 radical (unpaired) electrons. The third-order valence-electron chi connectivity index (χ3n) is 3.56. The van der Waals surface area contributed by atoms with Crippen molar-refractivity contribution in [3.8, 4) is 0 Å². The van der Waals surface area contributed by atoms with Crippen molar-refractivity contribution in [1.29, 1.82) is 0 Å². The average molecular weight is 274 g/mol. The summed E-state index contributed by atoms with van der Waals surface area (Å²) in [7, 11) is 0. The van der Waals surface area contributed by atoms with Gasteiger partial charge in [0, 0.05) is 24.7 Å². The van der Waals surface area contributed by atoms with E-state index in [0.29, 0.717) is 12.4 Å². The fourth-order valence-electron chi connectivity index (χ4n) is 2.59. The Morgan fingerprint density at radius 2 is 2.15 bits per heavy atom. The first-order valence-electron chi connectivity index (χ1n) is 6.47. The highest BCUT2D eigenvalue weighted by Gasteiger charge is 2.31. The molecule has 0 amide bonds. The third kappa shape index (κ3) is 2.39. The summed E-state index contributed by atoms with van der Waals surface area (Å²) in [5, 5.41) is 17.4. The molecule has 3 rings (SSSR count). The zero-order valence-electron chi connectivity index (χ0n) is 10.7. The molecule has 2 heterocycles. The Kier molecular flexibility index (Phi) is 3.42. The van der Waals surface area contributed by atoms with Gasteiger partial charge >= 0.3 is 0 Å². The maximum atomic E-state index is 10.7. The number of hydrogen-bond donors (Lipinski definition) is 1. The van der Waals surface area contributed by atoms with E-state index in [2.05, 4.69) is 15.2 Å². The molecule has 2 atom stereocenters. The van der Waals surface area contributed by atoms with E-state index in [1.807, 2.05) is 0 Å². The Bertz CT molecular complexity index is 582. The van der Waals surface area contributed by atoms with E-state index in [-0.39, 0.29) is 17.7 Å². The Balaban J connectivity index is 1.88. The monoisotopic (exact) mass is 274 g/mol. The highest BCUT2D eigenvalue weighted by molar-refractivity contribution is 5.35. The number of H-pyrrole nitrogens is 1. The van der Waals surface area contributed by atoms with Crippen molar-refractivity contribution in [2.24, 2.45) is 0 Å². The molecule has 1 fully saturated rings. The number of non-ortho nitro benzene ring substituents is 1. The lowest BCUT2D eigenvalue weighted by atomic mass is 9.87. The summed E-state index contributed by atoms with van der Waals surface area (Å²) in [6, 6.07) is 6.64. The van der Waals surface area contributed by atoms with Gasteiger partial charge in [0.25, 0.3) is 5.69 Å². The van der Waals surface area contributed by atoms with E-state index in [9.17, 15) is 10.1 Å². The molecular formula is C13H14N4O3. The number of nitro benzene ring substituents is 1. The molecule has 1 aromatic carbocycles. The van der Waals surface area contributed by atoms with Crippen LogP contribution < -0.4 is 0 Å². The van der Waals surface area contributed by atoms with Crippen molar-refractivity contribution in [3.63, 3.8) is 0 Å². The van der Waals surface area contributed by atoms with E-state index >= 15 is 0 Å². The van der Waals surface area contributed by atoms with Gasteiger partial charge in [-0.15, -0.1) is 0 Å². The predicted octanol–water partition coefficient (Wildman–Crippen LogP) is 2.35. The Hall–Kier alpha value is -2.28. The number of nitro groups is 1. The van der Waals surface area contributed by atoms with Gasteiger partial charge in [0.2, 0.25) is 0 Å². The van der Waals surface area contributed by atoms with Gasteiger partial charge in [0.1, 0.15) is 12.4 Å². The second-order valence-electron chi connectivity index (χ2n) is 4.76. The smallest absolute Gasteiger partial charge is 0.269 e. The van der Waals surface area contributed by atoms with Crippen LogP contribution in [0.25, 0.3) is 0 Å². The predicted molar refractivity (Wildman–Crippen MR) is 70.1 cm³/mol. The van der Waals surface area contributed by atoms with E-state index in [1.54, 1.807) is 12.1 Å². The molecule has 1 N–H and O–H groups in total. The highest BCUT2D eigenvalue weighted by Crippen LogP contribution is 2.39. The van der Waals surface area contributed by atoms with Crippen LogP contribution in [-0.4, -0.2) is 26.7 Å². The number of aromatic nitrogens is 3. The number of hydrogen-bond acceptors (Lipinski definition) is 5. The zero-order chi connectivity index (χ0) is 13.9. The van der Waals surface area contributed by atoms with Crippen molar-refractivity contribution in [3.05, 3.63) is 52.1 Å². The first-order valence-corrected chi connectivity index (χ1v) is 6.47. The molecule has 2 unspecified atom stereocenters.